The first-order valence-electron chi connectivity index (χ1n) is 6.55. The van der Waals surface area contributed by atoms with Gasteiger partial charge in [-0.25, -0.2) is 0 Å². The lowest BCUT2D eigenvalue weighted by Crippen LogP contribution is -2.20. The van der Waals surface area contributed by atoms with E-state index in [0.717, 1.165) is 29.9 Å². The minimum absolute atomic E-state index is 0.271. The fourth-order valence-electron chi connectivity index (χ4n) is 2.22. The number of nitrogens with two attached hydrogens (primary N) is 1. The lowest BCUT2D eigenvalue weighted by Gasteiger charge is -2.14. The molecule has 0 fully saturated rings. The van der Waals surface area contributed by atoms with Crippen LogP contribution in [-0.2, 0) is 0 Å². The summed E-state index contributed by atoms with van der Waals surface area (Å²) in [6, 6.07) is 0. The third-order valence-corrected chi connectivity index (χ3v) is 3.23. The number of allylic oxidation sites excluding steroid dienone is 2. The van der Waals surface area contributed by atoms with Crippen molar-refractivity contribution in [3.8, 4) is 0 Å². The van der Waals surface area contributed by atoms with Crippen LogP contribution < -0.4 is 11.1 Å². The van der Waals surface area contributed by atoms with E-state index in [0.29, 0.717) is 6.54 Å². The molecule has 0 aromatic heterocycles. The number of rotatable bonds is 3. The topological polar surface area (TPSA) is 50.4 Å². The quantitative estimate of drug-likeness (QED) is 0.800. The fourth-order valence-corrected chi connectivity index (χ4v) is 2.22. The second kappa shape index (κ2) is 5.71. The number of aliphatic imine (C=N–C) groups is 1. The molecule has 3 N–H and O–H groups in total. The number of hydrogen-bond acceptors (Lipinski definition) is 3. The average Bonchev–Trinajstić information content (AvgIpc) is 2.76. The predicted molar refractivity (Wildman–Crippen MR) is 77.1 cm³/mol. The van der Waals surface area contributed by atoms with Crippen LogP contribution in [0.5, 0.6) is 0 Å². The van der Waals surface area contributed by atoms with Gasteiger partial charge in [0.2, 0.25) is 0 Å². The van der Waals surface area contributed by atoms with Crippen LogP contribution in [0, 0.1) is 5.92 Å². The zero-order valence-corrected chi connectivity index (χ0v) is 11.1. The van der Waals surface area contributed by atoms with Crippen molar-refractivity contribution in [2.75, 3.05) is 6.54 Å². The molecule has 0 saturated carbocycles. The highest BCUT2D eigenvalue weighted by Crippen LogP contribution is 2.22. The van der Waals surface area contributed by atoms with E-state index in [9.17, 15) is 0 Å². The summed E-state index contributed by atoms with van der Waals surface area (Å²) in [5.41, 5.74) is 9.39. The van der Waals surface area contributed by atoms with E-state index in [-0.39, 0.29) is 5.92 Å². The van der Waals surface area contributed by atoms with Gasteiger partial charge in [-0.3, -0.25) is 4.99 Å². The molecule has 1 unspecified atom stereocenters. The van der Waals surface area contributed by atoms with Gasteiger partial charge >= 0.3 is 0 Å². The van der Waals surface area contributed by atoms with E-state index >= 15 is 0 Å². The Morgan fingerprint density at radius 3 is 3.22 bits per heavy atom. The summed E-state index contributed by atoms with van der Waals surface area (Å²) in [5, 5.41) is 3.17. The van der Waals surface area contributed by atoms with Gasteiger partial charge in [0.25, 0.3) is 0 Å². The van der Waals surface area contributed by atoms with Crippen molar-refractivity contribution in [2.24, 2.45) is 16.6 Å². The highest BCUT2D eigenvalue weighted by Gasteiger charge is 2.17. The molecule has 0 aromatic rings. The summed E-state index contributed by atoms with van der Waals surface area (Å²) in [6.45, 7) is 4.96. The van der Waals surface area contributed by atoms with Crippen molar-refractivity contribution in [1.82, 2.24) is 5.32 Å². The van der Waals surface area contributed by atoms with Gasteiger partial charge in [0, 0.05) is 5.70 Å². The third kappa shape index (κ3) is 2.73. The molecule has 3 heteroatoms. The Kier molecular flexibility index (Phi) is 4.03. The van der Waals surface area contributed by atoms with Gasteiger partial charge in [0.15, 0.2) is 0 Å². The second-order valence-electron chi connectivity index (χ2n) is 4.67. The largest absolute Gasteiger partial charge is 0.399 e. The Balaban J connectivity index is 2.26. The Hall–Kier alpha value is -1.77. The maximum absolute atomic E-state index is 6.15. The molecule has 18 heavy (non-hydrogen) atoms. The molecule has 0 radical (unpaired) electrons. The lowest BCUT2D eigenvalue weighted by atomic mass is 9.97. The van der Waals surface area contributed by atoms with Crippen LogP contribution in [0.4, 0.5) is 0 Å². The molecule has 2 aliphatic heterocycles. The summed E-state index contributed by atoms with van der Waals surface area (Å²) in [4.78, 5) is 4.53. The first-order valence-corrected chi connectivity index (χ1v) is 6.55. The number of nitrogens with one attached hydrogen (secondary N) is 1. The zero-order chi connectivity index (χ0) is 13.0. The number of hydrogen-bond donors (Lipinski definition) is 2. The van der Waals surface area contributed by atoms with Gasteiger partial charge < -0.3 is 11.1 Å². The Labute approximate surface area is 109 Å². The maximum Gasteiger partial charge on any atom is 0.111 e. The highest BCUT2D eigenvalue weighted by atomic mass is 15.0. The monoisotopic (exact) mass is 243 g/mol. The number of nitrogens with zero attached hydrogens (tertiary/aromatic N) is 1. The maximum atomic E-state index is 6.15. The second-order valence-corrected chi connectivity index (χ2v) is 4.67. The van der Waals surface area contributed by atoms with Crippen LogP contribution in [-0.4, -0.2) is 12.4 Å². The summed E-state index contributed by atoms with van der Waals surface area (Å²) < 4.78 is 0. The smallest absolute Gasteiger partial charge is 0.111 e. The van der Waals surface area contributed by atoms with Crippen LogP contribution in [0.25, 0.3) is 0 Å². The molecule has 0 spiro atoms. The van der Waals surface area contributed by atoms with Crippen LogP contribution in [0.1, 0.15) is 26.7 Å². The molecule has 0 bridgehead atoms. The van der Waals surface area contributed by atoms with Crippen molar-refractivity contribution in [3.05, 3.63) is 47.3 Å². The Bertz CT molecular complexity index is 464. The van der Waals surface area contributed by atoms with E-state index in [1.54, 1.807) is 0 Å². The summed E-state index contributed by atoms with van der Waals surface area (Å²) in [5.74, 6) is 1.30. The SMILES string of the molecule is CCC/C=C(\N)C1=CCN=C2NC=CC2C=C1C. The molecule has 0 amide bonds. The minimum atomic E-state index is 0.271. The molecular formula is C15H21N3. The van der Waals surface area contributed by atoms with Crippen molar-refractivity contribution in [2.45, 2.75) is 26.7 Å². The standard InChI is InChI=1S/C15H21N3/c1-3-4-5-14(16)13-7-9-18-15-12(6-8-17-15)10-11(13)2/h5-8,10,12H,3-4,9,16H2,1-2H3,(H,17,18)/b11-10?,13-7?,14-5-. The zero-order valence-electron chi connectivity index (χ0n) is 11.1. The third-order valence-electron chi connectivity index (χ3n) is 3.23. The molecule has 0 saturated heterocycles. The van der Waals surface area contributed by atoms with Crippen LogP contribution >= 0.6 is 0 Å². The van der Waals surface area contributed by atoms with Crippen LogP contribution in [0.15, 0.2) is 52.3 Å². The first kappa shape index (κ1) is 12.7. The average molecular weight is 243 g/mol. The molecule has 1 atom stereocenters. The van der Waals surface area contributed by atoms with Crippen LogP contribution in [0.2, 0.25) is 0 Å². The van der Waals surface area contributed by atoms with Gasteiger partial charge in [0.05, 0.1) is 12.5 Å². The molecule has 96 valence electrons. The molecule has 3 nitrogen and oxygen atoms in total. The summed E-state index contributed by atoms with van der Waals surface area (Å²) in [7, 11) is 0. The first-order chi connectivity index (χ1) is 8.72. The van der Waals surface area contributed by atoms with Gasteiger partial charge in [-0.2, -0.15) is 0 Å². The van der Waals surface area contributed by atoms with Crippen molar-refractivity contribution < 1.29 is 0 Å². The van der Waals surface area contributed by atoms with Gasteiger partial charge in [0.1, 0.15) is 5.84 Å². The van der Waals surface area contributed by atoms with Crippen molar-refractivity contribution in [3.63, 3.8) is 0 Å². The molecule has 0 aromatic carbocycles. The molecule has 0 aliphatic carbocycles. The molecule has 2 heterocycles. The van der Waals surface area contributed by atoms with Gasteiger partial charge in [-0.05, 0) is 30.7 Å². The highest BCUT2D eigenvalue weighted by molar-refractivity contribution is 5.91. The summed E-state index contributed by atoms with van der Waals surface area (Å²) in [6.07, 6.45) is 12.7. The normalized spacial score (nSPS) is 23.3. The number of fused-ring (bicyclic) bond motifs is 1. The van der Waals surface area contributed by atoms with Crippen molar-refractivity contribution in [1.29, 1.82) is 0 Å². The van der Waals surface area contributed by atoms with E-state index in [4.69, 9.17) is 5.73 Å². The van der Waals surface area contributed by atoms with E-state index < -0.39 is 0 Å². The Morgan fingerprint density at radius 1 is 1.61 bits per heavy atom. The van der Waals surface area contributed by atoms with E-state index in [1.807, 2.05) is 6.20 Å². The van der Waals surface area contributed by atoms with Gasteiger partial charge in [-0.15, -0.1) is 0 Å². The summed E-state index contributed by atoms with van der Waals surface area (Å²) >= 11 is 0. The molecular weight excluding hydrogens is 222 g/mol. The predicted octanol–water partition coefficient (Wildman–Crippen LogP) is 2.65. The van der Waals surface area contributed by atoms with E-state index in [1.165, 1.54) is 5.57 Å². The van der Waals surface area contributed by atoms with E-state index in [2.05, 4.69) is 48.5 Å². The molecule has 2 rings (SSSR count). The molecule has 2 aliphatic rings. The minimum Gasteiger partial charge on any atom is -0.399 e. The Morgan fingerprint density at radius 2 is 2.44 bits per heavy atom. The van der Waals surface area contributed by atoms with Crippen molar-refractivity contribution >= 4 is 5.84 Å². The van der Waals surface area contributed by atoms with Gasteiger partial charge in [-0.1, -0.05) is 37.6 Å². The number of unbranched alkanes of at least 4 members (excludes halogenated alkanes) is 1. The fraction of sp³-hybridized carbons (Fsp3) is 0.400. The van der Waals surface area contributed by atoms with Crippen LogP contribution in [0.3, 0.4) is 0 Å². The lowest BCUT2D eigenvalue weighted by molar-refractivity contribution is 0.945. The number of amidine groups is 1.